The molecule has 2 rings (SSSR count). The molecule has 5 nitrogen and oxygen atoms in total. The third-order valence-corrected chi connectivity index (χ3v) is 3.58. The van der Waals surface area contributed by atoms with Crippen LogP contribution in [0.5, 0.6) is 5.75 Å². The van der Waals surface area contributed by atoms with E-state index in [9.17, 15) is 9.90 Å². The monoisotopic (exact) mass is 264 g/mol. The summed E-state index contributed by atoms with van der Waals surface area (Å²) in [4.78, 5) is 14.0. The van der Waals surface area contributed by atoms with E-state index in [0.29, 0.717) is 29.5 Å². The topological polar surface area (TPSA) is 75.8 Å². The zero-order valence-electron chi connectivity index (χ0n) is 11.3. The maximum Gasteiger partial charge on any atom is 0.255 e. The molecule has 0 spiro atoms. The van der Waals surface area contributed by atoms with Gasteiger partial charge in [0, 0.05) is 19.3 Å². The van der Waals surface area contributed by atoms with Gasteiger partial charge in [0.1, 0.15) is 5.75 Å². The standard InChI is InChI=1S/C14H20N2O3/c1-16(8-9-5-10(17)6-9)14(18)12-7-11(19-2)3-4-13(12)15/h3-4,7,9-10,17H,5-6,8,15H2,1-2H3. The van der Waals surface area contributed by atoms with Gasteiger partial charge in [-0.25, -0.2) is 0 Å². The first-order chi connectivity index (χ1) is 9.01. The van der Waals surface area contributed by atoms with Gasteiger partial charge in [0.25, 0.3) is 5.91 Å². The third kappa shape index (κ3) is 2.98. The molecule has 0 aliphatic heterocycles. The molecule has 1 aliphatic carbocycles. The second kappa shape index (κ2) is 5.48. The molecule has 19 heavy (non-hydrogen) atoms. The van der Waals surface area contributed by atoms with Crippen LogP contribution in [0.15, 0.2) is 18.2 Å². The van der Waals surface area contributed by atoms with Crippen molar-refractivity contribution in [3.05, 3.63) is 23.8 Å². The first-order valence-corrected chi connectivity index (χ1v) is 6.38. The lowest BCUT2D eigenvalue weighted by Gasteiger charge is -2.34. The Morgan fingerprint density at radius 2 is 2.21 bits per heavy atom. The van der Waals surface area contributed by atoms with Crippen LogP contribution in [0.2, 0.25) is 0 Å². The molecule has 1 saturated carbocycles. The molecule has 1 aliphatic rings. The SMILES string of the molecule is COc1ccc(N)c(C(=O)N(C)CC2CC(O)C2)c1. The number of hydrogen-bond donors (Lipinski definition) is 2. The average Bonchev–Trinajstić information content (AvgIpc) is 2.36. The number of carbonyl (C=O) groups is 1. The van der Waals surface area contributed by atoms with Crippen LogP contribution in [0.1, 0.15) is 23.2 Å². The van der Waals surface area contributed by atoms with Crippen LogP contribution in [0.3, 0.4) is 0 Å². The van der Waals surface area contributed by atoms with Gasteiger partial charge in [-0.2, -0.15) is 0 Å². The number of aliphatic hydroxyl groups excluding tert-OH is 1. The molecule has 3 N–H and O–H groups in total. The van der Waals surface area contributed by atoms with Crippen LogP contribution in [0.25, 0.3) is 0 Å². The summed E-state index contributed by atoms with van der Waals surface area (Å²) in [5.74, 6) is 0.888. The number of carbonyl (C=O) groups excluding carboxylic acids is 1. The normalized spacial score (nSPS) is 21.6. The van der Waals surface area contributed by atoms with Gasteiger partial charge in [0.05, 0.1) is 18.8 Å². The van der Waals surface area contributed by atoms with Crippen LogP contribution >= 0.6 is 0 Å². The third-order valence-electron chi connectivity index (χ3n) is 3.58. The summed E-state index contributed by atoms with van der Waals surface area (Å²) < 4.78 is 5.11. The number of nitrogens with zero attached hydrogens (tertiary/aromatic N) is 1. The lowest BCUT2D eigenvalue weighted by Crippen LogP contribution is -2.39. The number of aliphatic hydroxyl groups is 1. The molecule has 0 radical (unpaired) electrons. The minimum atomic E-state index is -0.199. The Morgan fingerprint density at radius 3 is 2.79 bits per heavy atom. The number of methoxy groups -OCH3 is 1. The maximum absolute atomic E-state index is 12.3. The molecule has 1 aromatic carbocycles. The average molecular weight is 264 g/mol. The van der Waals surface area contributed by atoms with Crippen molar-refractivity contribution in [1.82, 2.24) is 4.90 Å². The lowest BCUT2D eigenvalue weighted by molar-refractivity contribution is 0.0265. The zero-order valence-corrected chi connectivity index (χ0v) is 11.3. The molecule has 0 unspecified atom stereocenters. The van der Waals surface area contributed by atoms with Crippen molar-refractivity contribution in [2.24, 2.45) is 5.92 Å². The number of rotatable bonds is 4. The summed E-state index contributed by atoms with van der Waals surface area (Å²) in [6.45, 7) is 0.645. The molecule has 1 fully saturated rings. The second-order valence-electron chi connectivity index (χ2n) is 5.13. The number of nitrogens with two attached hydrogens (primary N) is 1. The second-order valence-corrected chi connectivity index (χ2v) is 5.13. The number of anilines is 1. The van der Waals surface area contributed by atoms with Gasteiger partial charge < -0.3 is 20.5 Å². The molecule has 5 heteroatoms. The largest absolute Gasteiger partial charge is 0.497 e. The minimum Gasteiger partial charge on any atom is -0.497 e. The van der Waals surface area contributed by atoms with E-state index in [2.05, 4.69) is 0 Å². The highest BCUT2D eigenvalue weighted by Crippen LogP contribution is 2.28. The first-order valence-electron chi connectivity index (χ1n) is 6.38. The van der Waals surface area contributed by atoms with Gasteiger partial charge in [0.2, 0.25) is 0 Å². The Labute approximate surface area is 113 Å². The highest BCUT2D eigenvalue weighted by atomic mass is 16.5. The van der Waals surface area contributed by atoms with E-state index in [1.54, 1.807) is 37.3 Å². The fourth-order valence-corrected chi connectivity index (χ4v) is 2.37. The first kappa shape index (κ1) is 13.7. The van der Waals surface area contributed by atoms with Crippen molar-refractivity contribution in [2.75, 3.05) is 26.4 Å². The number of ether oxygens (including phenoxy) is 1. The van der Waals surface area contributed by atoms with Crippen molar-refractivity contribution in [2.45, 2.75) is 18.9 Å². The smallest absolute Gasteiger partial charge is 0.255 e. The fraction of sp³-hybridized carbons (Fsp3) is 0.500. The Morgan fingerprint density at radius 1 is 1.53 bits per heavy atom. The van der Waals surface area contributed by atoms with Crippen LogP contribution in [-0.4, -0.2) is 42.7 Å². The number of hydrogen-bond acceptors (Lipinski definition) is 4. The van der Waals surface area contributed by atoms with E-state index in [1.807, 2.05) is 0 Å². The van der Waals surface area contributed by atoms with Crippen molar-refractivity contribution in [1.29, 1.82) is 0 Å². The summed E-state index contributed by atoms with van der Waals surface area (Å²) in [6, 6.07) is 5.06. The van der Waals surface area contributed by atoms with E-state index >= 15 is 0 Å². The fourth-order valence-electron chi connectivity index (χ4n) is 2.37. The van der Waals surface area contributed by atoms with Gasteiger partial charge in [-0.3, -0.25) is 4.79 Å². The van der Waals surface area contributed by atoms with Crippen LogP contribution in [0, 0.1) is 5.92 Å². The summed E-state index contributed by atoms with van der Waals surface area (Å²) in [6.07, 6.45) is 1.34. The van der Waals surface area contributed by atoms with Crippen molar-refractivity contribution in [3.63, 3.8) is 0 Å². The molecule has 0 bridgehead atoms. The summed E-state index contributed by atoms with van der Waals surface area (Å²) in [7, 11) is 3.31. The Bertz CT molecular complexity index is 470. The van der Waals surface area contributed by atoms with Crippen LogP contribution in [0.4, 0.5) is 5.69 Å². The van der Waals surface area contributed by atoms with Gasteiger partial charge in [-0.1, -0.05) is 0 Å². The Hall–Kier alpha value is -1.75. The Balaban J connectivity index is 2.05. The van der Waals surface area contributed by atoms with Crippen molar-refractivity contribution >= 4 is 11.6 Å². The molecule has 0 aromatic heterocycles. The van der Waals surface area contributed by atoms with Gasteiger partial charge in [-0.15, -0.1) is 0 Å². The summed E-state index contributed by atoms with van der Waals surface area (Å²) >= 11 is 0. The summed E-state index contributed by atoms with van der Waals surface area (Å²) in [5.41, 5.74) is 6.75. The van der Waals surface area contributed by atoms with E-state index in [1.165, 1.54) is 0 Å². The number of benzene rings is 1. The predicted molar refractivity (Wildman–Crippen MR) is 73.1 cm³/mol. The molecule has 0 heterocycles. The molecule has 0 atom stereocenters. The molecule has 104 valence electrons. The zero-order chi connectivity index (χ0) is 14.0. The van der Waals surface area contributed by atoms with Crippen LogP contribution in [-0.2, 0) is 0 Å². The quantitative estimate of drug-likeness (QED) is 0.799. The van der Waals surface area contributed by atoms with Crippen molar-refractivity contribution < 1.29 is 14.6 Å². The number of nitrogen functional groups attached to an aromatic ring is 1. The summed E-state index contributed by atoms with van der Waals surface area (Å²) in [5, 5.41) is 9.26. The predicted octanol–water partition coefficient (Wildman–Crippen LogP) is 1.12. The number of amides is 1. The van der Waals surface area contributed by atoms with Crippen LogP contribution < -0.4 is 10.5 Å². The van der Waals surface area contributed by atoms with E-state index in [-0.39, 0.29) is 12.0 Å². The molecule has 1 aromatic rings. The van der Waals surface area contributed by atoms with Gasteiger partial charge in [0.15, 0.2) is 0 Å². The lowest BCUT2D eigenvalue weighted by atomic mass is 9.82. The molecular formula is C14H20N2O3. The van der Waals surface area contributed by atoms with Crippen molar-refractivity contribution in [3.8, 4) is 5.75 Å². The highest BCUT2D eigenvalue weighted by Gasteiger charge is 2.29. The van der Waals surface area contributed by atoms with E-state index < -0.39 is 0 Å². The highest BCUT2D eigenvalue weighted by molar-refractivity contribution is 5.99. The van der Waals surface area contributed by atoms with Gasteiger partial charge in [-0.05, 0) is 37.0 Å². The molecule has 1 amide bonds. The molecule has 0 saturated heterocycles. The Kier molecular flexibility index (Phi) is 3.95. The van der Waals surface area contributed by atoms with E-state index in [0.717, 1.165) is 12.8 Å². The van der Waals surface area contributed by atoms with E-state index in [4.69, 9.17) is 10.5 Å². The molecular weight excluding hydrogens is 244 g/mol. The maximum atomic E-state index is 12.3. The minimum absolute atomic E-state index is 0.113. The van der Waals surface area contributed by atoms with Gasteiger partial charge >= 0.3 is 0 Å².